The standard InChI is InChI=1S/C20H26N4O2/c1-3-4-11-20(22-23-20)12-13-21-19(25)16-5-7-17(8-6-16)26-18-9-14-24(2)15-10-18/h1,5-8,18H,4,9-15H2,2H3,(H,21,25). The van der Waals surface area contributed by atoms with Gasteiger partial charge in [0.05, 0.1) is 0 Å². The van der Waals surface area contributed by atoms with E-state index in [4.69, 9.17) is 11.2 Å². The molecule has 1 aromatic rings. The summed E-state index contributed by atoms with van der Waals surface area (Å²) in [7, 11) is 2.13. The highest BCUT2D eigenvalue weighted by Crippen LogP contribution is 2.36. The van der Waals surface area contributed by atoms with Crippen molar-refractivity contribution in [3.8, 4) is 18.1 Å². The molecule has 3 rings (SSSR count). The third kappa shape index (κ3) is 5.06. The van der Waals surface area contributed by atoms with Gasteiger partial charge in [0.15, 0.2) is 5.66 Å². The highest BCUT2D eigenvalue weighted by atomic mass is 16.5. The van der Waals surface area contributed by atoms with Crippen LogP contribution in [-0.4, -0.2) is 49.3 Å². The molecule has 6 heteroatoms. The summed E-state index contributed by atoms with van der Waals surface area (Å²) in [4.78, 5) is 14.6. The SMILES string of the molecule is C#CCCC1(CCNC(=O)c2ccc(OC3CCN(C)CC3)cc2)N=N1. The number of amides is 1. The van der Waals surface area contributed by atoms with E-state index >= 15 is 0 Å². The van der Waals surface area contributed by atoms with Crippen LogP contribution in [0.25, 0.3) is 0 Å². The second-order valence-electron chi connectivity index (χ2n) is 7.04. The van der Waals surface area contributed by atoms with Crippen LogP contribution < -0.4 is 10.1 Å². The van der Waals surface area contributed by atoms with E-state index in [1.807, 2.05) is 12.1 Å². The first-order valence-corrected chi connectivity index (χ1v) is 9.21. The molecule has 0 atom stereocenters. The molecule has 0 aromatic heterocycles. The maximum atomic E-state index is 12.3. The van der Waals surface area contributed by atoms with Gasteiger partial charge in [-0.25, -0.2) is 0 Å². The van der Waals surface area contributed by atoms with E-state index in [1.54, 1.807) is 12.1 Å². The summed E-state index contributed by atoms with van der Waals surface area (Å²) in [5.74, 6) is 3.33. The molecule has 0 spiro atoms. The minimum Gasteiger partial charge on any atom is -0.490 e. The Balaban J connectivity index is 1.41. The van der Waals surface area contributed by atoms with Crippen molar-refractivity contribution in [1.29, 1.82) is 0 Å². The number of ether oxygens (including phenoxy) is 1. The molecule has 1 aromatic carbocycles. The van der Waals surface area contributed by atoms with E-state index in [9.17, 15) is 4.79 Å². The van der Waals surface area contributed by atoms with Crippen LogP contribution >= 0.6 is 0 Å². The quantitative estimate of drug-likeness (QED) is 0.730. The molecule has 1 saturated heterocycles. The van der Waals surface area contributed by atoms with Gasteiger partial charge in [-0.05, 0) is 44.2 Å². The fourth-order valence-electron chi connectivity index (χ4n) is 3.13. The van der Waals surface area contributed by atoms with Crippen LogP contribution in [0.1, 0.15) is 42.5 Å². The molecule has 1 N–H and O–H groups in total. The maximum absolute atomic E-state index is 12.3. The maximum Gasteiger partial charge on any atom is 0.251 e. The van der Waals surface area contributed by atoms with E-state index in [0.717, 1.165) is 38.1 Å². The summed E-state index contributed by atoms with van der Waals surface area (Å²) in [5, 5.41) is 11.1. The van der Waals surface area contributed by atoms with Crippen molar-refractivity contribution in [3.63, 3.8) is 0 Å². The molecule has 2 aliphatic heterocycles. The van der Waals surface area contributed by atoms with Gasteiger partial charge in [0.1, 0.15) is 11.9 Å². The minimum absolute atomic E-state index is 0.0939. The molecule has 6 nitrogen and oxygen atoms in total. The molecule has 26 heavy (non-hydrogen) atoms. The van der Waals surface area contributed by atoms with E-state index in [0.29, 0.717) is 24.9 Å². The van der Waals surface area contributed by atoms with Gasteiger partial charge in [0.2, 0.25) is 0 Å². The Morgan fingerprint density at radius 2 is 2.00 bits per heavy atom. The van der Waals surface area contributed by atoms with Crippen LogP contribution in [0.15, 0.2) is 34.5 Å². The number of carbonyl (C=O) groups excluding carboxylic acids is 1. The van der Waals surface area contributed by atoms with E-state index in [2.05, 4.69) is 33.4 Å². The first-order chi connectivity index (χ1) is 12.6. The number of likely N-dealkylation sites (tertiary alicyclic amines) is 1. The average molecular weight is 354 g/mol. The Bertz CT molecular complexity index is 679. The molecule has 0 bridgehead atoms. The zero-order valence-corrected chi connectivity index (χ0v) is 15.3. The number of nitrogens with one attached hydrogen (secondary N) is 1. The van der Waals surface area contributed by atoms with Crippen molar-refractivity contribution < 1.29 is 9.53 Å². The average Bonchev–Trinajstić information content (AvgIpc) is 3.42. The second-order valence-corrected chi connectivity index (χ2v) is 7.04. The van der Waals surface area contributed by atoms with Gasteiger partial charge in [-0.15, -0.1) is 12.3 Å². The summed E-state index contributed by atoms with van der Waals surface area (Å²) in [6, 6.07) is 7.35. The predicted molar refractivity (Wildman–Crippen MR) is 100 cm³/mol. The molecule has 0 aliphatic carbocycles. The third-order valence-corrected chi connectivity index (χ3v) is 4.95. The summed E-state index contributed by atoms with van der Waals surface area (Å²) >= 11 is 0. The van der Waals surface area contributed by atoms with Crippen LogP contribution in [0.3, 0.4) is 0 Å². The van der Waals surface area contributed by atoms with Gasteiger partial charge in [0, 0.05) is 44.5 Å². The van der Waals surface area contributed by atoms with Crippen molar-refractivity contribution in [1.82, 2.24) is 10.2 Å². The van der Waals surface area contributed by atoms with E-state index in [1.165, 1.54) is 0 Å². The molecule has 0 saturated carbocycles. The lowest BCUT2D eigenvalue weighted by Crippen LogP contribution is -2.35. The lowest BCUT2D eigenvalue weighted by molar-refractivity contribution is 0.0951. The Labute approximate surface area is 155 Å². The Morgan fingerprint density at radius 1 is 1.31 bits per heavy atom. The van der Waals surface area contributed by atoms with Crippen molar-refractivity contribution >= 4 is 5.91 Å². The van der Waals surface area contributed by atoms with Crippen molar-refractivity contribution in [3.05, 3.63) is 29.8 Å². The number of benzene rings is 1. The normalized spacial score (nSPS) is 18.9. The molecular weight excluding hydrogens is 328 g/mol. The lowest BCUT2D eigenvalue weighted by atomic mass is 10.0. The second kappa shape index (κ2) is 8.33. The van der Waals surface area contributed by atoms with Gasteiger partial charge in [-0.1, -0.05) is 0 Å². The van der Waals surface area contributed by atoms with Crippen molar-refractivity contribution in [2.75, 3.05) is 26.7 Å². The number of carbonyl (C=O) groups is 1. The molecule has 2 aliphatic rings. The molecule has 0 unspecified atom stereocenters. The highest BCUT2D eigenvalue weighted by Gasteiger charge is 2.38. The summed E-state index contributed by atoms with van der Waals surface area (Å²) in [6.07, 6.45) is 9.71. The molecule has 1 amide bonds. The Hall–Kier alpha value is -2.39. The Kier molecular flexibility index (Phi) is 5.89. The molecular formula is C20H26N4O2. The fraction of sp³-hybridized carbons (Fsp3) is 0.550. The molecule has 2 heterocycles. The summed E-state index contributed by atoms with van der Waals surface area (Å²) in [5.41, 5.74) is 0.272. The first-order valence-electron chi connectivity index (χ1n) is 9.21. The van der Waals surface area contributed by atoms with Gasteiger partial charge in [-0.2, -0.15) is 10.2 Å². The molecule has 138 valence electrons. The van der Waals surface area contributed by atoms with Gasteiger partial charge in [0.25, 0.3) is 5.91 Å². The Morgan fingerprint density at radius 3 is 2.62 bits per heavy atom. The van der Waals surface area contributed by atoms with Crippen molar-refractivity contribution in [2.24, 2.45) is 10.2 Å². The summed E-state index contributed by atoms with van der Waals surface area (Å²) in [6.45, 7) is 2.66. The number of hydrogen-bond donors (Lipinski definition) is 1. The third-order valence-electron chi connectivity index (χ3n) is 4.95. The lowest BCUT2D eigenvalue weighted by Gasteiger charge is -2.29. The number of hydrogen-bond acceptors (Lipinski definition) is 5. The number of piperidine rings is 1. The summed E-state index contributed by atoms with van der Waals surface area (Å²) < 4.78 is 6.01. The minimum atomic E-state index is -0.356. The van der Waals surface area contributed by atoms with Gasteiger partial charge < -0.3 is 15.0 Å². The largest absolute Gasteiger partial charge is 0.490 e. The monoisotopic (exact) mass is 354 g/mol. The van der Waals surface area contributed by atoms with E-state index < -0.39 is 0 Å². The molecule has 0 radical (unpaired) electrons. The van der Waals surface area contributed by atoms with Crippen molar-refractivity contribution in [2.45, 2.75) is 43.9 Å². The predicted octanol–water partition coefficient (Wildman–Crippen LogP) is 2.86. The highest BCUT2D eigenvalue weighted by molar-refractivity contribution is 5.94. The van der Waals surface area contributed by atoms with Gasteiger partial charge in [-0.3, -0.25) is 4.79 Å². The van der Waals surface area contributed by atoms with Crippen LogP contribution in [-0.2, 0) is 0 Å². The fourth-order valence-corrected chi connectivity index (χ4v) is 3.13. The van der Waals surface area contributed by atoms with Crippen LogP contribution in [0.5, 0.6) is 5.75 Å². The van der Waals surface area contributed by atoms with E-state index in [-0.39, 0.29) is 17.7 Å². The number of rotatable bonds is 8. The zero-order chi connectivity index (χ0) is 18.4. The zero-order valence-electron chi connectivity index (χ0n) is 15.3. The van der Waals surface area contributed by atoms with Crippen LogP contribution in [0.4, 0.5) is 0 Å². The smallest absolute Gasteiger partial charge is 0.251 e. The topological polar surface area (TPSA) is 66.3 Å². The van der Waals surface area contributed by atoms with Crippen LogP contribution in [0.2, 0.25) is 0 Å². The molecule has 1 fully saturated rings. The van der Waals surface area contributed by atoms with Gasteiger partial charge >= 0.3 is 0 Å². The first kappa shape index (κ1) is 18.4. The number of terminal acetylenes is 1. The number of nitrogens with zero attached hydrogens (tertiary/aromatic N) is 3. The van der Waals surface area contributed by atoms with Crippen LogP contribution in [0, 0.1) is 12.3 Å².